The molecule has 4 aromatic heterocycles. The molecule has 1 atom stereocenters. The highest BCUT2D eigenvalue weighted by molar-refractivity contribution is 14.1. The third-order valence-corrected chi connectivity index (χ3v) is 5.49. The molecule has 10 heteroatoms. The number of aryl methyl sites for hydroxylation is 1. The Morgan fingerprint density at radius 1 is 1.18 bits per heavy atom. The molecule has 0 aliphatic heterocycles. The summed E-state index contributed by atoms with van der Waals surface area (Å²) in [7, 11) is 0. The summed E-state index contributed by atoms with van der Waals surface area (Å²) in [6, 6.07) is 7.46. The van der Waals surface area contributed by atoms with Crippen molar-refractivity contribution in [3.63, 3.8) is 0 Å². The minimum Gasteiger partial charge on any atom is -0.392 e. The van der Waals surface area contributed by atoms with Crippen molar-refractivity contribution in [1.82, 2.24) is 24.9 Å². The van der Waals surface area contributed by atoms with Gasteiger partial charge in [-0.25, -0.2) is 19.9 Å². The van der Waals surface area contributed by atoms with Crippen molar-refractivity contribution in [3.05, 3.63) is 65.2 Å². The average Bonchev–Trinajstić information content (AvgIpc) is 2.79. The average molecular weight is 557 g/mol. The van der Waals surface area contributed by atoms with E-state index < -0.39 is 6.10 Å². The van der Waals surface area contributed by atoms with E-state index in [0.29, 0.717) is 35.0 Å². The maximum atomic E-state index is 12.6. The third-order valence-electron chi connectivity index (χ3n) is 5.00. The SMILES string of the molecule is Cc1ncc(-c2cc3cc[nH]c(=O)c3c(Nc3ccc(N(CCI)C[C@@H](C)O)nc3)n2)cn1. The highest BCUT2D eigenvalue weighted by Crippen LogP contribution is 2.27. The van der Waals surface area contributed by atoms with Gasteiger partial charge in [-0.15, -0.1) is 0 Å². The van der Waals surface area contributed by atoms with Crippen LogP contribution in [0.15, 0.2) is 53.8 Å². The molecule has 0 bridgehead atoms. The summed E-state index contributed by atoms with van der Waals surface area (Å²) in [5, 5.41) is 14.2. The van der Waals surface area contributed by atoms with Crippen LogP contribution in [-0.4, -0.2) is 53.6 Å². The number of nitrogens with one attached hydrogen (secondary N) is 2. The van der Waals surface area contributed by atoms with Crippen LogP contribution in [0.2, 0.25) is 0 Å². The van der Waals surface area contributed by atoms with Crippen LogP contribution in [0.1, 0.15) is 12.7 Å². The minimum absolute atomic E-state index is 0.232. The van der Waals surface area contributed by atoms with Crippen LogP contribution < -0.4 is 15.8 Å². The van der Waals surface area contributed by atoms with Gasteiger partial charge in [-0.2, -0.15) is 0 Å². The standard InChI is InChI=1S/C23H24IN7O2/c1-14(32)13-31(8-6-24)20-4-3-18(12-28-20)29-22-21-16(5-7-25-23(21)33)9-19(30-22)17-10-26-15(2)27-11-17/h3-5,7,9-12,14,32H,6,8,13H2,1-2H3,(H,25,33)(H,29,30)/t14-/m1/s1. The molecule has 0 fully saturated rings. The Hall–Kier alpha value is -3.12. The summed E-state index contributed by atoms with van der Waals surface area (Å²) < 4.78 is 0.917. The van der Waals surface area contributed by atoms with Crippen molar-refractivity contribution >= 4 is 50.7 Å². The number of pyridine rings is 3. The number of nitrogens with zero attached hydrogens (tertiary/aromatic N) is 5. The first-order valence-electron chi connectivity index (χ1n) is 10.5. The zero-order valence-corrected chi connectivity index (χ0v) is 20.4. The number of halogens is 1. The van der Waals surface area contributed by atoms with Crippen molar-refractivity contribution in [2.75, 3.05) is 27.7 Å². The number of hydrogen-bond acceptors (Lipinski definition) is 8. The molecule has 0 spiro atoms. The lowest BCUT2D eigenvalue weighted by molar-refractivity contribution is 0.200. The van der Waals surface area contributed by atoms with Crippen molar-refractivity contribution < 1.29 is 5.11 Å². The van der Waals surface area contributed by atoms with Gasteiger partial charge in [-0.1, -0.05) is 22.6 Å². The molecule has 4 heterocycles. The number of anilines is 3. The normalized spacial score (nSPS) is 12.0. The summed E-state index contributed by atoms with van der Waals surface area (Å²) >= 11 is 2.31. The van der Waals surface area contributed by atoms with E-state index in [1.165, 1.54) is 0 Å². The van der Waals surface area contributed by atoms with Gasteiger partial charge in [0.25, 0.3) is 5.56 Å². The highest BCUT2D eigenvalue weighted by Gasteiger charge is 2.14. The van der Waals surface area contributed by atoms with Crippen molar-refractivity contribution in [2.45, 2.75) is 20.0 Å². The second kappa shape index (κ2) is 10.2. The molecule has 33 heavy (non-hydrogen) atoms. The first-order chi connectivity index (χ1) is 15.9. The smallest absolute Gasteiger partial charge is 0.259 e. The molecule has 0 amide bonds. The Kier molecular flexibility index (Phi) is 7.14. The van der Waals surface area contributed by atoms with E-state index in [1.54, 1.807) is 31.7 Å². The summed E-state index contributed by atoms with van der Waals surface area (Å²) in [6.07, 6.45) is 6.29. The van der Waals surface area contributed by atoms with Crippen LogP contribution in [0.3, 0.4) is 0 Å². The molecule has 0 aliphatic carbocycles. The third kappa shape index (κ3) is 5.45. The van der Waals surface area contributed by atoms with E-state index in [0.717, 1.165) is 27.7 Å². The molecule has 170 valence electrons. The van der Waals surface area contributed by atoms with E-state index in [9.17, 15) is 9.90 Å². The summed E-state index contributed by atoms with van der Waals surface area (Å²) in [5.74, 6) is 1.87. The fourth-order valence-electron chi connectivity index (χ4n) is 3.48. The van der Waals surface area contributed by atoms with Gasteiger partial charge in [0.1, 0.15) is 17.5 Å². The second-order valence-corrected chi connectivity index (χ2v) is 8.74. The number of aliphatic hydroxyl groups is 1. The molecular formula is C23H24IN7O2. The first kappa shape index (κ1) is 23.1. The number of fused-ring (bicyclic) bond motifs is 1. The molecule has 4 rings (SSSR count). The van der Waals surface area contributed by atoms with Gasteiger partial charge in [-0.3, -0.25) is 4.79 Å². The number of hydrogen-bond donors (Lipinski definition) is 3. The van der Waals surface area contributed by atoms with Crippen molar-refractivity contribution in [1.29, 1.82) is 0 Å². The van der Waals surface area contributed by atoms with Gasteiger partial charge in [-0.05, 0) is 43.5 Å². The van der Waals surface area contributed by atoms with Gasteiger partial charge >= 0.3 is 0 Å². The van der Waals surface area contributed by atoms with E-state index >= 15 is 0 Å². The second-order valence-electron chi connectivity index (χ2n) is 7.66. The van der Waals surface area contributed by atoms with Crippen molar-refractivity contribution in [2.24, 2.45) is 0 Å². The van der Waals surface area contributed by atoms with Crippen LogP contribution in [0.4, 0.5) is 17.3 Å². The molecule has 0 aromatic carbocycles. The maximum Gasteiger partial charge on any atom is 0.259 e. The Balaban J connectivity index is 1.70. The van der Waals surface area contributed by atoms with Gasteiger partial charge in [0.2, 0.25) is 0 Å². The molecule has 0 aliphatic rings. The van der Waals surface area contributed by atoms with E-state index in [4.69, 9.17) is 4.98 Å². The lowest BCUT2D eigenvalue weighted by Gasteiger charge is -2.24. The zero-order valence-electron chi connectivity index (χ0n) is 18.3. The lowest BCUT2D eigenvalue weighted by atomic mass is 10.1. The number of rotatable bonds is 8. The molecule has 0 saturated heterocycles. The number of alkyl halides is 1. The van der Waals surface area contributed by atoms with Crippen molar-refractivity contribution in [3.8, 4) is 11.3 Å². The zero-order chi connectivity index (χ0) is 23.4. The molecule has 4 aromatic rings. The van der Waals surface area contributed by atoms with E-state index in [2.05, 4.69) is 47.8 Å². The largest absolute Gasteiger partial charge is 0.392 e. The Morgan fingerprint density at radius 2 is 1.97 bits per heavy atom. The van der Waals surface area contributed by atoms with Crippen LogP contribution in [0, 0.1) is 6.92 Å². The molecule has 0 unspecified atom stereocenters. The molecular weight excluding hydrogens is 533 g/mol. The summed E-state index contributed by atoms with van der Waals surface area (Å²) in [5.41, 5.74) is 1.88. The summed E-state index contributed by atoms with van der Waals surface area (Å²) in [4.78, 5) is 35.1. The van der Waals surface area contributed by atoms with Crippen LogP contribution >= 0.6 is 22.6 Å². The maximum absolute atomic E-state index is 12.6. The van der Waals surface area contributed by atoms with Crippen LogP contribution in [0.5, 0.6) is 0 Å². The van der Waals surface area contributed by atoms with Gasteiger partial charge in [0, 0.05) is 41.7 Å². The number of aromatic amines is 1. The first-order valence-corrected chi connectivity index (χ1v) is 12.0. The quantitative estimate of drug-likeness (QED) is 0.223. The Morgan fingerprint density at radius 3 is 2.64 bits per heavy atom. The Bertz CT molecular complexity index is 1290. The monoisotopic (exact) mass is 557 g/mol. The fourth-order valence-corrected chi connectivity index (χ4v) is 4.06. The van der Waals surface area contributed by atoms with E-state index in [1.807, 2.05) is 36.1 Å². The number of H-pyrrole nitrogens is 1. The topological polar surface area (TPSA) is 120 Å². The van der Waals surface area contributed by atoms with Gasteiger partial charge in [0.05, 0.1) is 29.1 Å². The predicted molar refractivity (Wildman–Crippen MR) is 138 cm³/mol. The highest BCUT2D eigenvalue weighted by atomic mass is 127. The fraction of sp³-hybridized carbons (Fsp3) is 0.261. The summed E-state index contributed by atoms with van der Waals surface area (Å²) in [6.45, 7) is 4.87. The number of aliphatic hydroxyl groups excluding tert-OH is 1. The van der Waals surface area contributed by atoms with E-state index in [-0.39, 0.29) is 5.56 Å². The van der Waals surface area contributed by atoms with Gasteiger partial charge < -0.3 is 20.3 Å². The molecule has 3 N–H and O–H groups in total. The van der Waals surface area contributed by atoms with Gasteiger partial charge in [0.15, 0.2) is 0 Å². The van der Waals surface area contributed by atoms with Crippen LogP contribution in [0.25, 0.3) is 22.0 Å². The molecule has 0 radical (unpaired) electrons. The molecule has 0 saturated carbocycles. The predicted octanol–water partition coefficient (Wildman–Crippen LogP) is 3.45. The van der Waals surface area contributed by atoms with Crippen LogP contribution in [-0.2, 0) is 0 Å². The minimum atomic E-state index is -0.455. The molecule has 9 nitrogen and oxygen atoms in total. The number of aromatic nitrogens is 5. The Labute approximate surface area is 204 Å². The lowest BCUT2D eigenvalue weighted by Crippen LogP contribution is -2.33.